The van der Waals surface area contributed by atoms with E-state index in [1.54, 1.807) is 0 Å². The summed E-state index contributed by atoms with van der Waals surface area (Å²) in [5.41, 5.74) is -0.285. The quantitative estimate of drug-likeness (QED) is 0.547. The molecule has 1 aliphatic rings. The van der Waals surface area contributed by atoms with Crippen molar-refractivity contribution in [2.45, 2.75) is 32.8 Å². The van der Waals surface area contributed by atoms with Gasteiger partial charge >= 0.3 is 0 Å². The van der Waals surface area contributed by atoms with Gasteiger partial charge in [-0.05, 0) is 20.8 Å². The van der Waals surface area contributed by atoms with Crippen molar-refractivity contribution >= 4 is 5.91 Å². The molecule has 3 nitrogen and oxygen atoms in total. The molecule has 1 aliphatic heterocycles. The number of carbonyl (C=O) groups excluding carboxylic acids is 1. The highest BCUT2D eigenvalue weighted by atomic mass is 16.7. The van der Waals surface area contributed by atoms with E-state index in [2.05, 4.69) is 0 Å². The lowest BCUT2D eigenvalue weighted by Crippen LogP contribution is -2.25. The molecule has 0 spiro atoms. The smallest absolute Gasteiger partial charge is 0.249 e. The SMILES string of the molecule is CCN1OC(C)(C)CC1=O. The van der Waals surface area contributed by atoms with Crippen LogP contribution in [0.25, 0.3) is 0 Å². The van der Waals surface area contributed by atoms with Crippen LogP contribution in [0.15, 0.2) is 0 Å². The van der Waals surface area contributed by atoms with Crippen LogP contribution in [-0.4, -0.2) is 23.1 Å². The van der Waals surface area contributed by atoms with Gasteiger partial charge in [-0.3, -0.25) is 9.63 Å². The molecular formula is C7H13NO2. The summed E-state index contributed by atoms with van der Waals surface area (Å²) in [4.78, 5) is 16.3. The summed E-state index contributed by atoms with van der Waals surface area (Å²) in [6.07, 6.45) is 0.501. The molecule has 58 valence electrons. The standard InChI is InChI=1S/C7H13NO2/c1-4-8-6(9)5-7(2,3)10-8/h4-5H2,1-3H3. The molecule has 0 aromatic carbocycles. The van der Waals surface area contributed by atoms with Gasteiger partial charge in [0, 0.05) is 6.54 Å². The van der Waals surface area contributed by atoms with Crippen molar-refractivity contribution in [2.75, 3.05) is 6.54 Å². The summed E-state index contributed by atoms with van der Waals surface area (Å²) in [5, 5.41) is 1.42. The van der Waals surface area contributed by atoms with Gasteiger partial charge in [0.15, 0.2) is 0 Å². The maximum Gasteiger partial charge on any atom is 0.249 e. The predicted octanol–water partition coefficient (Wildman–Crippen LogP) is 0.949. The Morgan fingerprint density at radius 1 is 1.70 bits per heavy atom. The third-order valence-corrected chi connectivity index (χ3v) is 1.50. The predicted molar refractivity (Wildman–Crippen MR) is 37.2 cm³/mol. The Kier molecular flexibility index (Phi) is 1.68. The van der Waals surface area contributed by atoms with Crippen molar-refractivity contribution < 1.29 is 9.63 Å². The first-order chi connectivity index (χ1) is 4.55. The molecule has 0 aromatic heterocycles. The van der Waals surface area contributed by atoms with Gasteiger partial charge < -0.3 is 0 Å². The molecule has 0 aliphatic carbocycles. The fourth-order valence-electron chi connectivity index (χ4n) is 1.07. The van der Waals surface area contributed by atoms with Crippen LogP contribution < -0.4 is 0 Å². The molecule has 0 bridgehead atoms. The molecule has 1 saturated heterocycles. The first-order valence-electron chi connectivity index (χ1n) is 3.54. The number of amides is 1. The number of nitrogens with zero attached hydrogens (tertiary/aromatic N) is 1. The van der Waals surface area contributed by atoms with E-state index in [0.29, 0.717) is 13.0 Å². The number of rotatable bonds is 1. The van der Waals surface area contributed by atoms with E-state index >= 15 is 0 Å². The molecular weight excluding hydrogens is 130 g/mol. The van der Waals surface area contributed by atoms with Crippen molar-refractivity contribution in [3.63, 3.8) is 0 Å². The zero-order chi connectivity index (χ0) is 7.78. The van der Waals surface area contributed by atoms with E-state index in [9.17, 15) is 4.79 Å². The molecule has 0 N–H and O–H groups in total. The van der Waals surface area contributed by atoms with Crippen molar-refractivity contribution in [3.8, 4) is 0 Å². The largest absolute Gasteiger partial charge is 0.272 e. The summed E-state index contributed by atoms with van der Waals surface area (Å²) in [7, 11) is 0. The van der Waals surface area contributed by atoms with Gasteiger partial charge in [0.25, 0.3) is 0 Å². The van der Waals surface area contributed by atoms with Crippen molar-refractivity contribution in [1.29, 1.82) is 0 Å². The van der Waals surface area contributed by atoms with Gasteiger partial charge in [-0.25, -0.2) is 5.06 Å². The summed E-state index contributed by atoms with van der Waals surface area (Å²) in [6, 6.07) is 0. The summed E-state index contributed by atoms with van der Waals surface area (Å²) in [5.74, 6) is 0.0903. The molecule has 3 heteroatoms. The molecule has 0 atom stereocenters. The zero-order valence-electron chi connectivity index (χ0n) is 6.68. The number of carbonyl (C=O) groups is 1. The lowest BCUT2D eigenvalue weighted by atomic mass is 10.1. The van der Waals surface area contributed by atoms with Crippen LogP contribution in [0.5, 0.6) is 0 Å². The van der Waals surface area contributed by atoms with Gasteiger partial charge in [-0.15, -0.1) is 0 Å². The molecule has 0 radical (unpaired) electrons. The Labute approximate surface area is 60.9 Å². The second-order valence-electron chi connectivity index (χ2n) is 3.12. The van der Waals surface area contributed by atoms with Crippen LogP contribution in [0.1, 0.15) is 27.2 Å². The molecule has 1 amide bonds. The monoisotopic (exact) mass is 143 g/mol. The van der Waals surface area contributed by atoms with Crippen LogP contribution in [0.4, 0.5) is 0 Å². The molecule has 1 heterocycles. The van der Waals surface area contributed by atoms with Crippen molar-refractivity contribution in [1.82, 2.24) is 5.06 Å². The summed E-state index contributed by atoms with van der Waals surface area (Å²) < 4.78 is 0. The maximum absolute atomic E-state index is 11.0. The third kappa shape index (κ3) is 1.29. The van der Waals surface area contributed by atoms with Crippen molar-refractivity contribution in [2.24, 2.45) is 0 Å². The van der Waals surface area contributed by atoms with Crippen LogP contribution in [-0.2, 0) is 9.63 Å². The molecule has 0 aromatic rings. The van der Waals surface area contributed by atoms with Gasteiger partial charge in [0.2, 0.25) is 5.91 Å². The number of hydroxylamine groups is 2. The highest BCUT2D eigenvalue weighted by Gasteiger charge is 2.36. The Balaban J connectivity index is 2.61. The highest BCUT2D eigenvalue weighted by Crippen LogP contribution is 2.24. The first-order valence-corrected chi connectivity index (χ1v) is 3.54. The average Bonchev–Trinajstić information content (AvgIpc) is 2.05. The van der Waals surface area contributed by atoms with E-state index in [4.69, 9.17) is 4.84 Å². The minimum absolute atomic E-state index is 0.0903. The van der Waals surface area contributed by atoms with Crippen LogP contribution in [0.2, 0.25) is 0 Å². The van der Waals surface area contributed by atoms with E-state index < -0.39 is 0 Å². The van der Waals surface area contributed by atoms with Crippen LogP contribution >= 0.6 is 0 Å². The highest BCUT2D eigenvalue weighted by molar-refractivity contribution is 5.77. The van der Waals surface area contributed by atoms with Gasteiger partial charge in [-0.1, -0.05) is 0 Å². The van der Waals surface area contributed by atoms with Crippen LogP contribution in [0, 0.1) is 0 Å². The fraction of sp³-hybridized carbons (Fsp3) is 0.857. The van der Waals surface area contributed by atoms with E-state index in [-0.39, 0.29) is 11.5 Å². The summed E-state index contributed by atoms with van der Waals surface area (Å²) >= 11 is 0. The Morgan fingerprint density at radius 3 is 2.50 bits per heavy atom. The van der Waals surface area contributed by atoms with Crippen molar-refractivity contribution in [3.05, 3.63) is 0 Å². The molecule has 0 unspecified atom stereocenters. The Hall–Kier alpha value is -0.570. The lowest BCUT2D eigenvalue weighted by molar-refractivity contribution is -0.188. The number of hydrogen-bond acceptors (Lipinski definition) is 2. The van der Waals surface area contributed by atoms with Gasteiger partial charge in [-0.2, -0.15) is 0 Å². The molecule has 0 saturated carbocycles. The fourth-order valence-corrected chi connectivity index (χ4v) is 1.07. The Bertz CT molecular complexity index is 154. The minimum atomic E-state index is -0.285. The molecule has 10 heavy (non-hydrogen) atoms. The maximum atomic E-state index is 11.0. The second-order valence-corrected chi connectivity index (χ2v) is 3.12. The first kappa shape index (κ1) is 7.54. The molecule has 1 rings (SSSR count). The van der Waals surface area contributed by atoms with Gasteiger partial charge in [0.1, 0.15) is 0 Å². The zero-order valence-corrected chi connectivity index (χ0v) is 6.68. The van der Waals surface area contributed by atoms with E-state index in [1.807, 2.05) is 20.8 Å². The van der Waals surface area contributed by atoms with E-state index in [1.165, 1.54) is 5.06 Å². The van der Waals surface area contributed by atoms with E-state index in [0.717, 1.165) is 0 Å². The van der Waals surface area contributed by atoms with Crippen LogP contribution in [0.3, 0.4) is 0 Å². The minimum Gasteiger partial charge on any atom is -0.272 e. The third-order valence-electron chi connectivity index (χ3n) is 1.50. The Morgan fingerprint density at radius 2 is 2.30 bits per heavy atom. The van der Waals surface area contributed by atoms with Gasteiger partial charge in [0.05, 0.1) is 12.0 Å². The topological polar surface area (TPSA) is 29.5 Å². The summed E-state index contributed by atoms with van der Waals surface area (Å²) in [6.45, 7) is 6.38. The number of hydrogen-bond donors (Lipinski definition) is 0. The molecule has 1 fully saturated rings. The lowest BCUT2D eigenvalue weighted by Gasteiger charge is -2.17. The second kappa shape index (κ2) is 2.23. The normalized spacial score (nSPS) is 23.9. The average molecular weight is 143 g/mol.